The summed E-state index contributed by atoms with van der Waals surface area (Å²) in [7, 11) is 1.30. The third kappa shape index (κ3) is 9.50. The highest BCUT2D eigenvalue weighted by molar-refractivity contribution is 5.87. The van der Waals surface area contributed by atoms with E-state index in [1.807, 2.05) is 45.0 Å². The monoisotopic (exact) mass is 912 g/mol. The first-order valence-electron chi connectivity index (χ1n) is 23.6. The van der Waals surface area contributed by atoms with Gasteiger partial charge in [0, 0.05) is 31.9 Å². The molecule has 4 atom stereocenters. The van der Waals surface area contributed by atoms with E-state index >= 15 is 0 Å². The number of benzene rings is 3. The maximum atomic E-state index is 13.9. The molecule has 8 rings (SSSR count). The van der Waals surface area contributed by atoms with Gasteiger partial charge in [0.15, 0.2) is 0 Å². The number of anilines is 1. The first-order chi connectivity index (χ1) is 32.0. The predicted octanol–water partition coefficient (Wildman–Crippen LogP) is 8.57. The Morgan fingerprint density at radius 2 is 1.21 bits per heavy atom. The van der Waals surface area contributed by atoms with E-state index < -0.39 is 24.3 Å². The van der Waals surface area contributed by atoms with Gasteiger partial charge in [0.2, 0.25) is 11.8 Å². The molecule has 0 radical (unpaired) electrons. The number of imidazole rings is 2. The lowest BCUT2D eigenvalue weighted by Crippen LogP contribution is -2.60. The van der Waals surface area contributed by atoms with Crippen molar-refractivity contribution in [1.29, 1.82) is 0 Å². The number of aromatic amines is 2. The van der Waals surface area contributed by atoms with Crippen LogP contribution in [0.3, 0.4) is 0 Å². The lowest BCUT2D eigenvalue weighted by atomic mass is 9.67. The van der Waals surface area contributed by atoms with Crippen molar-refractivity contribution in [2.45, 2.75) is 109 Å². The molecule has 3 aliphatic rings. The molecule has 354 valence electrons. The number of hydrogen-bond donors (Lipinski definition) is 5. The van der Waals surface area contributed by atoms with Crippen LogP contribution in [-0.4, -0.2) is 104 Å². The Balaban J connectivity index is 1.09. The molecule has 0 saturated carbocycles. The summed E-state index contributed by atoms with van der Waals surface area (Å²) in [6.45, 7) is 16.8. The molecule has 0 aliphatic carbocycles. The van der Waals surface area contributed by atoms with Gasteiger partial charge in [-0.2, -0.15) is 0 Å². The Labute approximate surface area is 393 Å². The molecule has 0 spiro atoms. The van der Waals surface area contributed by atoms with Crippen LogP contribution >= 0.6 is 0 Å². The number of carbonyl (C=O) groups is 4. The van der Waals surface area contributed by atoms with Crippen molar-refractivity contribution in [3.8, 4) is 22.5 Å². The minimum absolute atomic E-state index is 0.0423. The summed E-state index contributed by atoms with van der Waals surface area (Å²) in [5.41, 5.74) is 8.06. The average molecular weight is 912 g/mol. The fourth-order valence-electron chi connectivity index (χ4n) is 10.1. The van der Waals surface area contributed by atoms with Gasteiger partial charge in [-0.3, -0.25) is 9.59 Å². The quantitative estimate of drug-likeness (QED) is 0.0771. The maximum Gasteiger partial charge on any atom is 0.407 e. The predicted molar refractivity (Wildman–Crippen MR) is 258 cm³/mol. The van der Waals surface area contributed by atoms with Gasteiger partial charge >= 0.3 is 12.2 Å². The van der Waals surface area contributed by atoms with Crippen LogP contribution in [0.2, 0.25) is 0 Å². The topological polar surface area (TPSA) is 189 Å². The van der Waals surface area contributed by atoms with Crippen LogP contribution < -0.4 is 15.5 Å². The lowest BCUT2D eigenvalue weighted by molar-refractivity contribution is -0.136. The van der Waals surface area contributed by atoms with Crippen molar-refractivity contribution in [2.75, 3.05) is 38.2 Å². The third-order valence-corrected chi connectivity index (χ3v) is 14.0. The molecule has 0 bridgehead atoms. The number of rotatable bonds is 13. The van der Waals surface area contributed by atoms with Gasteiger partial charge in [-0.05, 0) is 95.0 Å². The van der Waals surface area contributed by atoms with Crippen molar-refractivity contribution in [1.82, 2.24) is 40.4 Å². The third-order valence-electron chi connectivity index (χ3n) is 14.0. The van der Waals surface area contributed by atoms with Crippen LogP contribution in [0.5, 0.6) is 0 Å². The molecule has 5 N–H and O–H groups in total. The number of alkyl carbamates (subject to hydrolysis) is 1. The van der Waals surface area contributed by atoms with Crippen molar-refractivity contribution in [2.24, 2.45) is 11.8 Å². The van der Waals surface area contributed by atoms with E-state index in [0.29, 0.717) is 24.7 Å². The summed E-state index contributed by atoms with van der Waals surface area (Å²) in [5, 5.41) is 14.6. The molecular weight excluding hydrogens is 847 g/mol. The molecule has 2 unspecified atom stereocenters. The number of aromatic nitrogens is 4. The zero-order chi connectivity index (χ0) is 47.8. The number of ether oxygens (including phenoxy) is 1. The molecule has 2 aromatic heterocycles. The molecule has 5 heterocycles. The fourth-order valence-corrected chi connectivity index (χ4v) is 10.1. The van der Waals surface area contributed by atoms with Crippen LogP contribution in [0.4, 0.5) is 15.3 Å². The summed E-state index contributed by atoms with van der Waals surface area (Å²) < 4.78 is 4.83. The number of nitrogens with zero attached hydrogens (tertiary/aromatic N) is 5. The molecule has 3 saturated heterocycles. The molecule has 15 heteroatoms. The highest BCUT2D eigenvalue weighted by Crippen LogP contribution is 2.45. The fraction of sp³-hybridized carbons (Fsp3) is 0.462. The van der Waals surface area contributed by atoms with Gasteiger partial charge in [-0.15, -0.1) is 0 Å². The lowest BCUT2D eigenvalue weighted by Gasteiger charge is -2.52. The number of likely N-dealkylation sites (tertiary alicyclic amines) is 2. The van der Waals surface area contributed by atoms with Gasteiger partial charge in [0.1, 0.15) is 23.7 Å². The number of amides is 4. The Hall–Kier alpha value is -6.64. The highest BCUT2D eigenvalue weighted by atomic mass is 16.5. The van der Waals surface area contributed by atoms with Crippen LogP contribution in [0.1, 0.15) is 115 Å². The van der Waals surface area contributed by atoms with E-state index in [-0.39, 0.29) is 46.6 Å². The molecule has 15 nitrogen and oxygen atoms in total. The number of H-pyrrole nitrogens is 2. The number of carboxylic acid groups (broad SMARTS) is 1. The summed E-state index contributed by atoms with van der Waals surface area (Å²) in [5.74, 6) is 0.661. The standard InChI is InChI=1S/C52H65N9O6/c1-31(2)43(57-49(64)65)47(62)60-23-11-17-41(60)45-53-27-39(55-45)33-13-9-15-36(25-33)52(29-59(30-52)38-21-19-35(20-22-38)51(5,6)7)37-16-10-14-34(26-37)40-28-54-46(56-40)42-18-12-24-61(42)48(63)44(32(3)4)58-50(66)67-8/h9-10,13-16,19-22,25-28,31-32,41-44,57H,11-12,17-18,23-24,29-30H2,1-8H3,(H,53,55)(H,54,56)(H,58,66)(H,64,65)/t41-,42-,43?,44?/m0/s1. The van der Waals surface area contributed by atoms with Gasteiger partial charge in [0.25, 0.3) is 0 Å². The second-order valence-electron chi connectivity index (χ2n) is 20.2. The van der Waals surface area contributed by atoms with Crippen molar-refractivity contribution < 1.29 is 29.0 Å². The zero-order valence-electron chi connectivity index (χ0n) is 39.9. The van der Waals surface area contributed by atoms with Crippen molar-refractivity contribution >= 4 is 29.7 Å². The molecule has 3 fully saturated rings. The highest BCUT2D eigenvalue weighted by Gasteiger charge is 2.47. The maximum absolute atomic E-state index is 13.9. The van der Waals surface area contributed by atoms with Crippen molar-refractivity contribution in [3.05, 3.63) is 114 Å². The molecule has 67 heavy (non-hydrogen) atoms. The number of hydrogen-bond acceptors (Lipinski definition) is 8. The summed E-state index contributed by atoms with van der Waals surface area (Å²) in [4.78, 5) is 74.1. The Kier molecular flexibility index (Phi) is 13.2. The minimum atomic E-state index is -1.22. The van der Waals surface area contributed by atoms with Crippen LogP contribution in [-0.2, 0) is 25.2 Å². The second-order valence-corrected chi connectivity index (χ2v) is 20.2. The normalized spacial score (nSPS) is 19.0. The molecule has 5 aromatic rings. The molecular formula is C52H65N9O6. The smallest absolute Gasteiger partial charge is 0.407 e. The second kappa shape index (κ2) is 18.9. The Bertz CT molecular complexity index is 2590. The molecule has 3 aliphatic heterocycles. The van der Waals surface area contributed by atoms with Crippen LogP contribution in [0.15, 0.2) is 85.2 Å². The average Bonchev–Trinajstić information content (AvgIpc) is 4.14. The first kappa shape index (κ1) is 46.9. The number of methoxy groups -OCH3 is 1. The SMILES string of the molecule is COC(=O)NC(C(=O)N1CCC[C@H]1c1ncc(-c2cccc(C3(c4cccc(-c5cnc([C@@H]6CCCN6C(=O)C(NC(=O)O)C(C)C)[nH]5)c4)CN(c4ccc(C(C)(C)C)cc4)C3)c2)[nH]1)C(C)C. The number of nitrogens with one attached hydrogen (secondary N) is 4. The van der Waals surface area contributed by atoms with Crippen molar-refractivity contribution in [3.63, 3.8) is 0 Å². The summed E-state index contributed by atoms with van der Waals surface area (Å²) in [6, 6.07) is 24.0. The largest absolute Gasteiger partial charge is 0.465 e. The molecule has 4 amide bonds. The van der Waals surface area contributed by atoms with Crippen LogP contribution in [0.25, 0.3) is 22.5 Å². The van der Waals surface area contributed by atoms with Gasteiger partial charge in [-0.25, -0.2) is 19.6 Å². The number of carbonyl (C=O) groups excluding carboxylic acids is 3. The van der Waals surface area contributed by atoms with Crippen LogP contribution in [0, 0.1) is 11.8 Å². The minimum Gasteiger partial charge on any atom is -0.465 e. The molecule has 3 aromatic carbocycles. The van der Waals surface area contributed by atoms with E-state index in [9.17, 15) is 24.3 Å². The van der Waals surface area contributed by atoms with Gasteiger partial charge in [0.05, 0.1) is 48.4 Å². The first-order valence-corrected chi connectivity index (χ1v) is 23.6. The van der Waals surface area contributed by atoms with E-state index in [1.165, 1.54) is 18.4 Å². The Morgan fingerprint density at radius 3 is 1.64 bits per heavy atom. The van der Waals surface area contributed by atoms with E-state index in [1.54, 1.807) is 4.90 Å². The van der Waals surface area contributed by atoms with E-state index in [4.69, 9.17) is 14.7 Å². The summed E-state index contributed by atoms with van der Waals surface area (Å²) >= 11 is 0. The van der Waals surface area contributed by atoms with Gasteiger partial charge < -0.3 is 45.1 Å². The van der Waals surface area contributed by atoms with Gasteiger partial charge in [-0.1, -0.05) is 97.0 Å². The Morgan fingerprint density at radius 1 is 0.731 bits per heavy atom. The van der Waals surface area contributed by atoms with E-state index in [2.05, 4.69) is 119 Å². The van der Waals surface area contributed by atoms with E-state index in [0.717, 1.165) is 72.4 Å². The zero-order valence-corrected chi connectivity index (χ0v) is 39.9. The summed E-state index contributed by atoms with van der Waals surface area (Å²) in [6.07, 6.45) is 4.93.